The van der Waals surface area contributed by atoms with Gasteiger partial charge in [0, 0.05) is 38.5 Å². The van der Waals surface area contributed by atoms with Gasteiger partial charge in [-0.05, 0) is 54.0 Å². The molecule has 0 aromatic heterocycles. The molecule has 0 aliphatic carbocycles. The molecule has 0 unspecified atom stereocenters. The van der Waals surface area contributed by atoms with Crippen LogP contribution in [-0.4, -0.2) is 130 Å². The van der Waals surface area contributed by atoms with Crippen molar-refractivity contribution in [3.8, 4) is 0 Å². The third kappa shape index (κ3) is 644. The zero-order chi connectivity index (χ0) is 59.7. The molecule has 0 rings (SSSR count). The van der Waals surface area contributed by atoms with E-state index in [-0.39, 0.29) is 87.0 Å². The molecule has 0 atom stereocenters. The van der Waals surface area contributed by atoms with Crippen molar-refractivity contribution < 1.29 is 89.9 Å². The number of rotatable bonds is 8. The van der Waals surface area contributed by atoms with Gasteiger partial charge in [0.25, 0.3) is 0 Å². The van der Waals surface area contributed by atoms with E-state index < -0.39 is 51.9 Å². The van der Waals surface area contributed by atoms with Gasteiger partial charge in [-0.2, -0.15) is 0 Å². The van der Waals surface area contributed by atoms with Crippen molar-refractivity contribution in [3.63, 3.8) is 0 Å². The van der Waals surface area contributed by atoms with E-state index in [4.69, 9.17) is 102 Å². The second-order valence-corrected chi connectivity index (χ2v) is 20.2. The summed E-state index contributed by atoms with van der Waals surface area (Å²) in [6.45, 7) is 35.0. The van der Waals surface area contributed by atoms with Crippen molar-refractivity contribution in [1.82, 2.24) is 0 Å². The number of aldehydes is 1. The number of guanidine groups is 1. The number of carboxylic acid groups (broad SMARTS) is 1. The van der Waals surface area contributed by atoms with E-state index in [0.717, 1.165) is 25.9 Å². The first-order valence-corrected chi connectivity index (χ1v) is 29.8. The maximum Gasteiger partial charge on any atom is 0.340 e. The lowest BCUT2D eigenvalue weighted by atomic mass is 10.5. The van der Waals surface area contributed by atoms with E-state index in [0.29, 0.717) is 19.2 Å². The van der Waals surface area contributed by atoms with Crippen LogP contribution < -0.4 is 28.7 Å². The van der Waals surface area contributed by atoms with Crippen LogP contribution in [0, 0.1) is 10.8 Å². The maximum atomic E-state index is 10.4. The number of ketones is 1. The van der Waals surface area contributed by atoms with Gasteiger partial charge in [0.05, 0.1) is 21.8 Å². The molecule has 0 spiro atoms. The molecule has 0 fully saturated rings. The number of hydrogen-bond acceptors (Lipinski definition) is 14. The monoisotopic (exact) mass is 1200 g/mol. The van der Waals surface area contributed by atoms with E-state index in [9.17, 15) is 27.8 Å². The quantitative estimate of drug-likeness (QED) is 0.0354. The van der Waals surface area contributed by atoms with Crippen LogP contribution in [0.5, 0.6) is 0 Å². The Kier molecular flexibility index (Phi) is 201. The molecule has 21 N–H and O–H groups in total. The summed E-state index contributed by atoms with van der Waals surface area (Å²) in [6.07, 6.45) is 5.54. The summed E-state index contributed by atoms with van der Waals surface area (Å²) in [4.78, 5) is 96.1. The lowest BCUT2D eigenvalue weighted by molar-refractivity contribution is -0.136. The lowest BCUT2D eigenvalue weighted by Gasteiger charge is -2.16. The van der Waals surface area contributed by atoms with Gasteiger partial charge in [0.1, 0.15) is 12.1 Å². The zero-order valence-electron chi connectivity index (χ0n) is 44.7. The first kappa shape index (κ1) is 139. The molecule has 474 valence electrons. The fraction of sp³-hybridized carbons (Fsp3) is 0.857. The molecule has 0 aromatic rings. The Morgan fingerprint density at radius 3 is 0.797 bits per heavy atom. The minimum Gasteiger partial charge on any atom is -0.748 e. The minimum absolute atomic E-state index is 0. The summed E-state index contributed by atoms with van der Waals surface area (Å²) >= 11 is 0. The number of carboxylic acids is 1. The predicted octanol–water partition coefficient (Wildman–Crippen LogP) is 9.11. The van der Waals surface area contributed by atoms with Crippen molar-refractivity contribution in [2.45, 2.75) is 213 Å². The number of nitrogens with one attached hydrogen (secondary N) is 2. The fourth-order valence-electron chi connectivity index (χ4n) is 0.854. The Hall–Kier alpha value is -2.51. The summed E-state index contributed by atoms with van der Waals surface area (Å²) in [7, 11) is -20.5. The number of hydrogen-bond donors (Lipinski definition) is 16. The van der Waals surface area contributed by atoms with Crippen LogP contribution in [0.4, 0.5) is 0 Å². The van der Waals surface area contributed by atoms with E-state index in [1.165, 1.54) is 54.4 Å². The van der Waals surface area contributed by atoms with Gasteiger partial charge in [0.2, 0.25) is 0 Å². The number of carbonyl (C=O) groups is 3. The van der Waals surface area contributed by atoms with Crippen molar-refractivity contribution in [1.29, 1.82) is 10.8 Å². The van der Waals surface area contributed by atoms with Crippen molar-refractivity contribution in [2.75, 3.05) is 32.2 Å². The number of nitrogens with zero attached hydrogens (tertiary/aromatic N) is 1. The Morgan fingerprint density at radius 2 is 0.797 bits per heavy atom. The van der Waals surface area contributed by atoms with Crippen LogP contribution >= 0.6 is 30.4 Å². The highest BCUT2D eigenvalue weighted by molar-refractivity contribution is 7.84. The van der Waals surface area contributed by atoms with Crippen LogP contribution in [0.2, 0.25) is 0 Å². The number of nitrogens with two attached hydrogens (primary N) is 5. The topological polar surface area (TPSA) is 549 Å². The van der Waals surface area contributed by atoms with E-state index in [1.54, 1.807) is 6.92 Å². The first-order chi connectivity index (χ1) is 30.2. The van der Waals surface area contributed by atoms with Crippen molar-refractivity contribution in [3.05, 3.63) is 0 Å². The van der Waals surface area contributed by atoms with Crippen LogP contribution in [0.25, 0.3) is 0 Å². The van der Waals surface area contributed by atoms with Crippen molar-refractivity contribution in [2.24, 2.45) is 33.7 Å². The summed E-state index contributed by atoms with van der Waals surface area (Å²) < 4.78 is 67.1. The van der Waals surface area contributed by atoms with Crippen molar-refractivity contribution >= 4 is 76.2 Å². The number of Topliss-reactive ketones (excluding diaryl/α,β-unsaturated/α-hetero) is 1. The van der Waals surface area contributed by atoms with Gasteiger partial charge < -0.3 is 87.1 Å². The summed E-state index contributed by atoms with van der Waals surface area (Å²) in [5.41, 5.74) is 24.5. The summed E-state index contributed by atoms with van der Waals surface area (Å²) in [6, 6.07) is 0. The third-order valence-electron chi connectivity index (χ3n) is 2.87. The maximum absolute atomic E-state index is 10.4. The number of amidine groups is 2. The second kappa shape index (κ2) is 107. The van der Waals surface area contributed by atoms with Crippen LogP contribution in [-0.2, 0) is 42.8 Å². The smallest absolute Gasteiger partial charge is 0.340 e. The predicted molar refractivity (Wildman–Crippen MR) is 321 cm³/mol. The molecular weight excluding hydrogens is 1080 g/mol. The van der Waals surface area contributed by atoms with Gasteiger partial charge in [-0.1, -0.05) is 147 Å². The highest BCUT2D eigenvalue weighted by Crippen LogP contribution is 2.61. The molecule has 27 nitrogen and oxygen atoms in total. The minimum atomic E-state index is -4.66. The molecule has 0 aliphatic heterocycles. The number of carbonyl (C=O) groups excluding carboxylic acids is 2. The molecule has 0 aromatic carbocycles. The average molecular weight is 1200 g/mol. The molecule has 0 bridgehead atoms. The Bertz CT molecular complexity index is 1300. The Balaban J connectivity index is -0.0000000217. The van der Waals surface area contributed by atoms with Gasteiger partial charge >= 0.3 is 36.4 Å². The van der Waals surface area contributed by atoms with Crippen LogP contribution in [0.3, 0.4) is 0 Å². The molecule has 32 heteroatoms. The SMILES string of the molecule is C.C.C.C.C.C.CC.CC.CC(=N)N.CC(C)=O.CC=O.CCC.CCC.CCC(=N)N.CCC(=O)O.CCC(P(=O)(O)O)P(=O)(O)O.CCCN.CCN=C(N)N.CCP(=O)(O)O.CP(=O)(O)O.CS(=O)(=O)[O-]. The summed E-state index contributed by atoms with van der Waals surface area (Å²) in [5.74, 6) is 0.00694. The molecule has 0 saturated carbocycles. The molecule has 0 aliphatic rings. The molecular formula is C42H125N8O19P4S-. The van der Waals surface area contributed by atoms with E-state index in [1.807, 2.05) is 41.5 Å². The molecule has 0 heterocycles. The normalized spacial score (nSPS) is 8.15. The second-order valence-electron chi connectivity index (χ2n) is 11.1. The summed E-state index contributed by atoms with van der Waals surface area (Å²) in [5, 5.41) is 18.7. The van der Waals surface area contributed by atoms with Crippen LogP contribution in [0.1, 0.15) is 208 Å². The fourth-order valence-corrected chi connectivity index (χ4v) is 3.37. The zero-order valence-corrected chi connectivity index (χ0v) is 49.1. The average Bonchev–Trinajstić information content (AvgIpc) is 3.12. The van der Waals surface area contributed by atoms with E-state index >= 15 is 0 Å². The lowest BCUT2D eigenvalue weighted by Crippen LogP contribution is -2.22. The standard InChI is InChI=1S/C3H9N3.C3H8N2.C3H9N.C3H10O6P2.C3H6O2.C3H6O.2C3H8.C2H6N2.C2H7O3P.C2H4O.2C2H6.CH5O3P.CH4O3S.6CH4/c1-2-6-3(4)5;1-2-3(4)5;1-2-3-4;1-2-3(10(4,5)6)11(7,8)9;1-2-3(4)5;1-3(2)4;2*1-3-2;1-2(3)4;1-2-6(3,4)5;1-2-3;2*1-2;2*1-5(2,3)4;;;;;;/h2H2,1H3,(H4,4,5,6);2H2,1H3,(H3,4,5);2-4H2,1H3;3H,2H2,1H3,(H2,4,5,6)(H2,7,8,9);2H2,1H3,(H,4,5);1-2H3;2*3H2,1-2H3;1H3,(H3,3,4);2H2,1H3,(H2,3,4,5);2H,1H3;2*1-2H3;1H3,(H2,2,3,4);1H3,(H,2,3,4);6*1H4/p-1. The number of aliphatic carboxylic acids is 1. The number of aliphatic imine (C=N–C) groups is 1. The highest BCUT2D eigenvalue weighted by atomic mass is 32.2. The van der Waals surface area contributed by atoms with E-state index in [2.05, 4.69) is 39.6 Å². The largest absolute Gasteiger partial charge is 0.748 e. The molecule has 0 radical (unpaired) electrons. The molecule has 0 saturated heterocycles. The Morgan fingerprint density at radius 1 is 0.662 bits per heavy atom. The Labute approximate surface area is 454 Å². The van der Waals surface area contributed by atoms with Gasteiger partial charge in [-0.25, -0.2) is 8.42 Å². The van der Waals surface area contributed by atoms with Gasteiger partial charge in [-0.3, -0.25) is 38.9 Å². The molecule has 0 amide bonds. The third-order valence-corrected chi connectivity index (χ3v) is 7.78. The first-order valence-electron chi connectivity index (χ1n) is 20.8. The van der Waals surface area contributed by atoms with Gasteiger partial charge in [0.15, 0.2) is 11.4 Å². The highest BCUT2D eigenvalue weighted by Gasteiger charge is 2.41. The molecule has 74 heavy (non-hydrogen) atoms. The van der Waals surface area contributed by atoms with Gasteiger partial charge in [-0.15, -0.1) is 0 Å². The van der Waals surface area contributed by atoms with Crippen LogP contribution in [0.15, 0.2) is 4.99 Å².